The summed E-state index contributed by atoms with van der Waals surface area (Å²) in [5.74, 6) is 1.04. The Morgan fingerprint density at radius 3 is 2.57 bits per heavy atom. The second-order valence-corrected chi connectivity index (χ2v) is 6.08. The van der Waals surface area contributed by atoms with Crippen LogP contribution in [0.15, 0.2) is 30.3 Å². The second kappa shape index (κ2) is 5.44. The summed E-state index contributed by atoms with van der Waals surface area (Å²) in [6.45, 7) is 9.57. The normalized spacial score (nSPS) is 14.5. The van der Waals surface area contributed by atoms with Gasteiger partial charge in [-0.15, -0.1) is 0 Å². The smallest absolute Gasteiger partial charge is 0.122 e. The van der Waals surface area contributed by atoms with E-state index < -0.39 is 0 Å². The van der Waals surface area contributed by atoms with E-state index in [1.807, 2.05) is 0 Å². The first-order valence-electron chi connectivity index (χ1n) is 7.64. The minimum Gasteiger partial charge on any atom is -0.493 e. The van der Waals surface area contributed by atoms with E-state index in [0.717, 1.165) is 18.8 Å². The maximum atomic E-state index is 5.56. The van der Waals surface area contributed by atoms with Crippen LogP contribution < -0.4 is 10.1 Å². The molecule has 2 aromatic rings. The Hall–Kier alpha value is -1.96. The fraction of sp³-hybridized carbons (Fsp3) is 0.368. The molecule has 0 aliphatic carbocycles. The molecule has 1 N–H and O–H groups in total. The molecular weight excluding hydrogens is 258 g/mol. The Kier molecular flexibility index (Phi) is 3.62. The van der Waals surface area contributed by atoms with Crippen LogP contribution in [0.2, 0.25) is 0 Å². The van der Waals surface area contributed by atoms with Crippen molar-refractivity contribution in [2.75, 3.05) is 11.9 Å². The Balaban J connectivity index is 1.83. The lowest BCUT2D eigenvalue weighted by molar-refractivity contribution is 0.357. The third kappa shape index (κ3) is 2.76. The van der Waals surface area contributed by atoms with Crippen molar-refractivity contribution in [1.82, 2.24) is 0 Å². The maximum Gasteiger partial charge on any atom is 0.122 e. The van der Waals surface area contributed by atoms with Crippen molar-refractivity contribution in [3.63, 3.8) is 0 Å². The van der Waals surface area contributed by atoms with E-state index >= 15 is 0 Å². The second-order valence-electron chi connectivity index (χ2n) is 6.08. The van der Waals surface area contributed by atoms with E-state index in [1.54, 1.807) is 0 Å². The summed E-state index contributed by atoms with van der Waals surface area (Å²) in [5.41, 5.74) is 7.91. The highest BCUT2D eigenvalue weighted by molar-refractivity contribution is 5.54. The molecule has 0 bridgehead atoms. The number of anilines is 1. The predicted molar refractivity (Wildman–Crippen MR) is 88.3 cm³/mol. The fourth-order valence-corrected chi connectivity index (χ4v) is 3.05. The first-order chi connectivity index (χ1) is 10.0. The van der Waals surface area contributed by atoms with Crippen LogP contribution in [0.1, 0.15) is 40.8 Å². The van der Waals surface area contributed by atoms with Gasteiger partial charge in [0, 0.05) is 18.2 Å². The Bertz CT molecular complexity index is 676. The van der Waals surface area contributed by atoms with Gasteiger partial charge in [0.2, 0.25) is 0 Å². The van der Waals surface area contributed by atoms with Crippen LogP contribution in [-0.2, 0) is 6.42 Å². The summed E-state index contributed by atoms with van der Waals surface area (Å²) in [6, 6.07) is 11.3. The highest BCUT2D eigenvalue weighted by Crippen LogP contribution is 2.30. The van der Waals surface area contributed by atoms with Crippen molar-refractivity contribution in [3.8, 4) is 5.75 Å². The average Bonchev–Trinajstić information content (AvgIpc) is 2.90. The Morgan fingerprint density at radius 2 is 1.76 bits per heavy atom. The molecule has 1 aliphatic rings. The molecule has 0 radical (unpaired) electrons. The first kappa shape index (κ1) is 14.0. The van der Waals surface area contributed by atoms with Gasteiger partial charge >= 0.3 is 0 Å². The van der Waals surface area contributed by atoms with E-state index in [0.29, 0.717) is 6.04 Å². The summed E-state index contributed by atoms with van der Waals surface area (Å²) in [6.07, 6.45) is 1.02. The molecule has 2 nitrogen and oxygen atoms in total. The summed E-state index contributed by atoms with van der Waals surface area (Å²) < 4.78 is 5.56. The van der Waals surface area contributed by atoms with E-state index in [-0.39, 0.29) is 0 Å². The van der Waals surface area contributed by atoms with Gasteiger partial charge in [-0.1, -0.05) is 12.1 Å². The summed E-state index contributed by atoms with van der Waals surface area (Å²) >= 11 is 0. The van der Waals surface area contributed by atoms with Gasteiger partial charge in [-0.3, -0.25) is 0 Å². The number of rotatable bonds is 3. The largest absolute Gasteiger partial charge is 0.493 e. The number of fused-ring (bicyclic) bond motifs is 1. The van der Waals surface area contributed by atoms with E-state index in [2.05, 4.69) is 63.3 Å². The number of hydrogen-bond donors (Lipinski definition) is 1. The number of ether oxygens (including phenoxy) is 1. The van der Waals surface area contributed by atoms with Gasteiger partial charge in [0.25, 0.3) is 0 Å². The molecule has 0 aromatic heterocycles. The van der Waals surface area contributed by atoms with Crippen molar-refractivity contribution in [2.24, 2.45) is 0 Å². The molecular formula is C19H23NO. The van der Waals surface area contributed by atoms with Gasteiger partial charge < -0.3 is 10.1 Å². The number of hydrogen-bond acceptors (Lipinski definition) is 2. The van der Waals surface area contributed by atoms with Crippen molar-refractivity contribution in [1.29, 1.82) is 0 Å². The molecule has 1 unspecified atom stereocenters. The van der Waals surface area contributed by atoms with Gasteiger partial charge in [-0.2, -0.15) is 0 Å². The molecule has 2 aromatic carbocycles. The van der Waals surface area contributed by atoms with Gasteiger partial charge in [-0.05, 0) is 73.7 Å². The lowest BCUT2D eigenvalue weighted by Crippen LogP contribution is -2.09. The van der Waals surface area contributed by atoms with Crippen molar-refractivity contribution >= 4 is 5.69 Å². The molecule has 2 heteroatoms. The number of aryl methyl sites for hydroxylation is 3. The van der Waals surface area contributed by atoms with Crippen LogP contribution in [0.3, 0.4) is 0 Å². The first-order valence-corrected chi connectivity index (χ1v) is 7.64. The summed E-state index contributed by atoms with van der Waals surface area (Å²) in [7, 11) is 0. The third-order valence-electron chi connectivity index (χ3n) is 4.42. The van der Waals surface area contributed by atoms with E-state index in [1.165, 1.54) is 33.5 Å². The molecule has 0 amide bonds. The molecule has 0 saturated carbocycles. The Labute approximate surface area is 127 Å². The molecule has 0 fully saturated rings. The lowest BCUT2D eigenvalue weighted by atomic mass is 9.96. The Morgan fingerprint density at radius 1 is 1.00 bits per heavy atom. The monoisotopic (exact) mass is 281 g/mol. The fourth-order valence-electron chi connectivity index (χ4n) is 3.05. The molecule has 21 heavy (non-hydrogen) atoms. The van der Waals surface area contributed by atoms with Crippen LogP contribution >= 0.6 is 0 Å². The maximum absolute atomic E-state index is 5.56. The van der Waals surface area contributed by atoms with Crippen LogP contribution in [0.5, 0.6) is 5.75 Å². The van der Waals surface area contributed by atoms with Crippen LogP contribution in [-0.4, -0.2) is 6.61 Å². The van der Waals surface area contributed by atoms with Crippen molar-refractivity contribution in [2.45, 2.75) is 40.2 Å². The van der Waals surface area contributed by atoms with Gasteiger partial charge in [0.1, 0.15) is 5.75 Å². The van der Waals surface area contributed by atoms with Crippen molar-refractivity contribution < 1.29 is 4.74 Å². The van der Waals surface area contributed by atoms with Gasteiger partial charge in [0.15, 0.2) is 0 Å². The predicted octanol–water partition coefficient (Wildman–Crippen LogP) is 4.72. The molecule has 0 saturated heterocycles. The van der Waals surface area contributed by atoms with Crippen LogP contribution in [0.25, 0.3) is 0 Å². The summed E-state index contributed by atoms with van der Waals surface area (Å²) in [4.78, 5) is 0. The average molecular weight is 281 g/mol. The zero-order valence-electron chi connectivity index (χ0n) is 13.3. The van der Waals surface area contributed by atoms with Crippen LogP contribution in [0, 0.1) is 20.8 Å². The minimum atomic E-state index is 0.296. The zero-order chi connectivity index (χ0) is 15.0. The molecule has 3 rings (SSSR count). The van der Waals surface area contributed by atoms with Crippen molar-refractivity contribution in [3.05, 3.63) is 58.1 Å². The van der Waals surface area contributed by atoms with E-state index in [4.69, 9.17) is 4.74 Å². The van der Waals surface area contributed by atoms with Crippen LogP contribution in [0.4, 0.5) is 5.69 Å². The lowest BCUT2D eigenvalue weighted by Gasteiger charge is -2.20. The quantitative estimate of drug-likeness (QED) is 0.879. The number of nitrogens with one attached hydrogen (secondary N) is 1. The molecule has 0 spiro atoms. The highest BCUT2D eigenvalue weighted by Gasteiger charge is 2.14. The molecule has 110 valence electrons. The van der Waals surface area contributed by atoms with Gasteiger partial charge in [-0.25, -0.2) is 0 Å². The number of benzene rings is 2. The topological polar surface area (TPSA) is 21.3 Å². The molecule has 1 aliphatic heterocycles. The molecule has 1 heterocycles. The molecule has 1 atom stereocenters. The zero-order valence-corrected chi connectivity index (χ0v) is 13.3. The minimum absolute atomic E-state index is 0.296. The standard InChI is InChI=1S/C19H23NO/c1-12-9-14(3)18(10-13(12)2)15(4)20-17-5-6-19-16(11-17)7-8-21-19/h5-6,9-11,15,20H,7-8H2,1-4H3. The van der Waals surface area contributed by atoms with Gasteiger partial charge in [0.05, 0.1) is 6.61 Å². The highest BCUT2D eigenvalue weighted by atomic mass is 16.5. The third-order valence-corrected chi connectivity index (χ3v) is 4.42. The SMILES string of the molecule is Cc1cc(C)c(C(C)Nc2ccc3c(c2)CCO3)cc1C. The summed E-state index contributed by atoms with van der Waals surface area (Å²) in [5, 5.41) is 3.62. The van der Waals surface area contributed by atoms with E-state index in [9.17, 15) is 0 Å².